The first-order valence-corrected chi connectivity index (χ1v) is 7.62. The van der Waals surface area contributed by atoms with E-state index in [-0.39, 0.29) is 24.5 Å². The smallest absolute Gasteiger partial charge is 0.273 e. The maximum Gasteiger partial charge on any atom is 0.273 e. The fourth-order valence-corrected chi connectivity index (χ4v) is 3.39. The van der Waals surface area contributed by atoms with Crippen molar-refractivity contribution in [1.82, 2.24) is 14.8 Å². The van der Waals surface area contributed by atoms with Gasteiger partial charge in [-0.1, -0.05) is 0 Å². The summed E-state index contributed by atoms with van der Waals surface area (Å²) in [5, 5.41) is 1.76. The SMILES string of the molecule is CN1C(=O)COC[C@@H]2CCN(C(=O)c3cscn3)C[C@@H]21. The molecule has 2 fully saturated rings. The van der Waals surface area contributed by atoms with E-state index >= 15 is 0 Å². The number of thiazole rings is 1. The molecule has 1 aromatic heterocycles. The van der Waals surface area contributed by atoms with Gasteiger partial charge in [-0.25, -0.2) is 4.98 Å². The molecule has 2 saturated heterocycles. The molecule has 2 aliphatic heterocycles. The number of ether oxygens (including phenoxy) is 1. The standard InChI is InChI=1S/C13H17N3O3S/c1-15-11-4-16(13(18)10-7-20-8-14-10)3-2-9(11)5-19-6-12(15)17/h7-9,11H,2-6H2,1H3/t9-,11-/m0/s1. The molecule has 7 heteroatoms. The molecule has 2 aliphatic rings. The van der Waals surface area contributed by atoms with Crippen LogP contribution in [0.4, 0.5) is 0 Å². The van der Waals surface area contributed by atoms with Crippen molar-refractivity contribution in [2.24, 2.45) is 5.92 Å². The minimum absolute atomic E-state index is 0.0135. The second-order valence-electron chi connectivity index (χ2n) is 5.26. The maximum absolute atomic E-state index is 12.3. The number of rotatable bonds is 1. The quantitative estimate of drug-likeness (QED) is 0.755. The van der Waals surface area contributed by atoms with Crippen LogP contribution in [0.3, 0.4) is 0 Å². The zero-order valence-corrected chi connectivity index (χ0v) is 12.1. The van der Waals surface area contributed by atoms with Gasteiger partial charge >= 0.3 is 0 Å². The molecule has 108 valence electrons. The Morgan fingerprint density at radius 2 is 2.40 bits per heavy atom. The van der Waals surface area contributed by atoms with Crippen molar-refractivity contribution in [3.63, 3.8) is 0 Å². The number of likely N-dealkylation sites (tertiary alicyclic amines) is 1. The van der Waals surface area contributed by atoms with E-state index in [0.29, 0.717) is 31.3 Å². The Labute approximate surface area is 121 Å². The van der Waals surface area contributed by atoms with Crippen molar-refractivity contribution < 1.29 is 14.3 Å². The molecule has 0 radical (unpaired) electrons. The van der Waals surface area contributed by atoms with Crippen molar-refractivity contribution >= 4 is 23.2 Å². The van der Waals surface area contributed by atoms with E-state index in [2.05, 4.69) is 4.98 Å². The summed E-state index contributed by atoms with van der Waals surface area (Å²) in [7, 11) is 1.80. The maximum atomic E-state index is 12.3. The lowest BCUT2D eigenvalue weighted by molar-refractivity contribution is -0.134. The number of hydrogen-bond acceptors (Lipinski definition) is 5. The van der Waals surface area contributed by atoms with Crippen LogP contribution in [0.25, 0.3) is 0 Å². The van der Waals surface area contributed by atoms with Crippen LogP contribution < -0.4 is 0 Å². The highest BCUT2D eigenvalue weighted by atomic mass is 32.1. The lowest BCUT2D eigenvalue weighted by atomic mass is 9.91. The first-order valence-electron chi connectivity index (χ1n) is 6.67. The molecule has 1 aromatic rings. The van der Waals surface area contributed by atoms with E-state index in [1.807, 2.05) is 0 Å². The normalized spacial score (nSPS) is 27.1. The third-order valence-electron chi connectivity index (χ3n) is 4.11. The Kier molecular flexibility index (Phi) is 3.71. The zero-order chi connectivity index (χ0) is 14.1. The van der Waals surface area contributed by atoms with Gasteiger partial charge in [0.15, 0.2) is 0 Å². The molecule has 0 N–H and O–H groups in total. The molecule has 0 aromatic carbocycles. The number of amides is 2. The van der Waals surface area contributed by atoms with Gasteiger partial charge < -0.3 is 14.5 Å². The van der Waals surface area contributed by atoms with Crippen molar-refractivity contribution in [2.45, 2.75) is 12.5 Å². The average molecular weight is 295 g/mol. The summed E-state index contributed by atoms with van der Waals surface area (Å²) in [6, 6.07) is 0.0429. The number of carbonyl (C=O) groups is 2. The summed E-state index contributed by atoms with van der Waals surface area (Å²) in [5.41, 5.74) is 2.15. The van der Waals surface area contributed by atoms with Crippen molar-refractivity contribution in [2.75, 3.05) is 33.4 Å². The highest BCUT2D eigenvalue weighted by Crippen LogP contribution is 2.25. The first kappa shape index (κ1) is 13.5. The second-order valence-corrected chi connectivity index (χ2v) is 5.98. The zero-order valence-electron chi connectivity index (χ0n) is 11.3. The molecular formula is C13H17N3O3S. The fraction of sp³-hybridized carbons (Fsp3) is 0.615. The molecule has 2 atom stereocenters. The van der Waals surface area contributed by atoms with E-state index in [4.69, 9.17) is 4.74 Å². The summed E-state index contributed by atoms with van der Waals surface area (Å²) >= 11 is 1.42. The minimum Gasteiger partial charge on any atom is -0.371 e. The number of aromatic nitrogens is 1. The van der Waals surface area contributed by atoms with Gasteiger partial charge in [-0.3, -0.25) is 9.59 Å². The monoisotopic (exact) mass is 295 g/mol. The molecule has 0 spiro atoms. The van der Waals surface area contributed by atoms with E-state index in [9.17, 15) is 9.59 Å². The molecule has 6 nitrogen and oxygen atoms in total. The highest BCUT2D eigenvalue weighted by molar-refractivity contribution is 7.07. The van der Waals surface area contributed by atoms with Gasteiger partial charge in [-0.2, -0.15) is 0 Å². The molecule has 3 heterocycles. The Balaban J connectivity index is 1.75. The van der Waals surface area contributed by atoms with Crippen LogP contribution in [0.2, 0.25) is 0 Å². The molecule has 0 unspecified atom stereocenters. The summed E-state index contributed by atoms with van der Waals surface area (Å²) in [6.07, 6.45) is 0.859. The Morgan fingerprint density at radius 3 is 3.15 bits per heavy atom. The van der Waals surface area contributed by atoms with Gasteiger partial charge in [-0.05, 0) is 6.42 Å². The largest absolute Gasteiger partial charge is 0.371 e. The highest BCUT2D eigenvalue weighted by Gasteiger charge is 2.38. The van der Waals surface area contributed by atoms with Gasteiger partial charge in [0.25, 0.3) is 5.91 Å². The molecular weight excluding hydrogens is 278 g/mol. The first-order chi connectivity index (χ1) is 9.66. The minimum atomic E-state index is -0.0456. The average Bonchev–Trinajstić information content (AvgIpc) is 2.95. The summed E-state index contributed by atoms with van der Waals surface area (Å²) < 4.78 is 5.41. The summed E-state index contributed by atoms with van der Waals surface area (Å²) in [6.45, 7) is 2.00. The molecule has 0 saturated carbocycles. The van der Waals surface area contributed by atoms with Crippen LogP contribution in [-0.2, 0) is 9.53 Å². The Hall–Kier alpha value is -1.47. The number of nitrogens with zero attached hydrogens (tertiary/aromatic N) is 3. The van der Waals surface area contributed by atoms with Crippen LogP contribution in [0.1, 0.15) is 16.9 Å². The van der Waals surface area contributed by atoms with Gasteiger partial charge in [0.1, 0.15) is 12.3 Å². The predicted octanol–water partition coefficient (Wildman–Crippen LogP) is 0.462. The van der Waals surface area contributed by atoms with Gasteiger partial charge in [0, 0.05) is 31.4 Å². The third-order valence-corrected chi connectivity index (χ3v) is 4.69. The van der Waals surface area contributed by atoms with Gasteiger partial charge in [-0.15, -0.1) is 11.3 Å². The summed E-state index contributed by atoms with van der Waals surface area (Å²) in [5.74, 6) is 0.252. The van der Waals surface area contributed by atoms with Crippen molar-refractivity contribution in [3.05, 3.63) is 16.6 Å². The van der Waals surface area contributed by atoms with Crippen LogP contribution in [0.5, 0.6) is 0 Å². The van der Waals surface area contributed by atoms with Gasteiger partial charge in [0.2, 0.25) is 5.91 Å². The van der Waals surface area contributed by atoms with Crippen molar-refractivity contribution in [1.29, 1.82) is 0 Å². The van der Waals surface area contributed by atoms with Crippen LogP contribution in [0.15, 0.2) is 10.9 Å². The third kappa shape index (κ3) is 2.43. The molecule has 2 amide bonds. The van der Waals surface area contributed by atoms with E-state index in [0.717, 1.165) is 6.42 Å². The molecule has 3 rings (SSSR count). The number of fused-ring (bicyclic) bond motifs is 1. The fourth-order valence-electron chi connectivity index (χ4n) is 2.86. The van der Waals surface area contributed by atoms with E-state index < -0.39 is 0 Å². The van der Waals surface area contributed by atoms with E-state index in [1.54, 1.807) is 27.7 Å². The number of carbonyl (C=O) groups excluding carboxylic acids is 2. The lowest BCUT2D eigenvalue weighted by Gasteiger charge is -2.40. The molecule has 0 aliphatic carbocycles. The Bertz CT molecular complexity index is 505. The predicted molar refractivity (Wildman–Crippen MR) is 73.5 cm³/mol. The van der Waals surface area contributed by atoms with E-state index in [1.165, 1.54) is 11.3 Å². The Morgan fingerprint density at radius 1 is 1.55 bits per heavy atom. The van der Waals surface area contributed by atoms with Crippen LogP contribution in [-0.4, -0.2) is 66.0 Å². The van der Waals surface area contributed by atoms with Gasteiger partial charge in [0.05, 0.1) is 18.2 Å². The molecule has 20 heavy (non-hydrogen) atoms. The van der Waals surface area contributed by atoms with Crippen LogP contribution in [0, 0.1) is 5.92 Å². The lowest BCUT2D eigenvalue weighted by Crippen LogP contribution is -2.54. The van der Waals surface area contributed by atoms with Crippen LogP contribution >= 0.6 is 11.3 Å². The van der Waals surface area contributed by atoms with Crippen molar-refractivity contribution in [3.8, 4) is 0 Å². The second kappa shape index (κ2) is 5.49. The summed E-state index contributed by atoms with van der Waals surface area (Å²) in [4.78, 5) is 31.8. The topological polar surface area (TPSA) is 62.7 Å². The number of hydrogen-bond donors (Lipinski definition) is 0. The molecule has 0 bridgehead atoms. The number of piperidine rings is 1. The number of likely N-dealkylation sites (N-methyl/N-ethyl adjacent to an activating group) is 1.